The highest BCUT2D eigenvalue weighted by atomic mass is 16.5. The molecule has 1 aromatic carbocycles. The van der Waals surface area contributed by atoms with Crippen LogP contribution < -0.4 is 10.1 Å². The summed E-state index contributed by atoms with van der Waals surface area (Å²) in [5.74, 6) is 2.08. The zero-order chi connectivity index (χ0) is 21.2. The fourth-order valence-electron chi connectivity index (χ4n) is 3.14. The summed E-state index contributed by atoms with van der Waals surface area (Å²) in [5.41, 5.74) is 3.58. The van der Waals surface area contributed by atoms with Crippen LogP contribution in [0.4, 0.5) is 11.6 Å². The maximum Gasteiger partial charge on any atom is 0.272 e. The Morgan fingerprint density at radius 2 is 1.77 bits per heavy atom. The molecule has 0 amide bonds. The standard InChI is InChI=1S/C21H17N9O/c1-13-18(27-28-21-26-19(29-30(13)21)14-7-10-22-11-8-14)16-9-12-23-20(25-16)24-15-5-3-4-6-17(15)31-2/h3-12H,1-2H3,(H,23,24,25). The summed E-state index contributed by atoms with van der Waals surface area (Å²) >= 11 is 0. The lowest BCUT2D eigenvalue weighted by atomic mass is 10.2. The first kappa shape index (κ1) is 18.6. The Labute approximate surface area is 177 Å². The van der Waals surface area contributed by atoms with Crippen LogP contribution in [-0.4, -0.2) is 46.9 Å². The summed E-state index contributed by atoms with van der Waals surface area (Å²) in [6.07, 6.45) is 5.05. The van der Waals surface area contributed by atoms with E-state index in [0.717, 1.165) is 16.9 Å². The molecule has 0 saturated carbocycles. The van der Waals surface area contributed by atoms with Crippen molar-refractivity contribution < 1.29 is 4.74 Å². The average Bonchev–Trinajstić information content (AvgIpc) is 3.26. The highest BCUT2D eigenvalue weighted by Gasteiger charge is 2.15. The van der Waals surface area contributed by atoms with E-state index in [9.17, 15) is 0 Å². The molecule has 0 atom stereocenters. The molecular formula is C21H17N9O. The van der Waals surface area contributed by atoms with E-state index < -0.39 is 0 Å². The van der Waals surface area contributed by atoms with Gasteiger partial charge in [-0.1, -0.05) is 12.1 Å². The molecule has 5 rings (SSSR count). The van der Waals surface area contributed by atoms with Gasteiger partial charge in [-0.05, 0) is 37.3 Å². The van der Waals surface area contributed by atoms with Gasteiger partial charge in [0.1, 0.15) is 11.4 Å². The normalized spacial score (nSPS) is 10.9. The third-order valence-corrected chi connectivity index (χ3v) is 4.68. The van der Waals surface area contributed by atoms with Crippen molar-refractivity contribution in [3.63, 3.8) is 0 Å². The Bertz CT molecular complexity index is 1370. The second-order valence-electron chi connectivity index (χ2n) is 6.61. The fourth-order valence-corrected chi connectivity index (χ4v) is 3.14. The number of rotatable bonds is 5. The van der Waals surface area contributed by atoms with Gasteiger partial charge in [0.2, 0.25) is 5.95 Å². The number of hydrogen-bond donors (Lipinski definition) is 1. The molecule has 0 bridgehead atoms. The molecule has 4 aromatic heterocycles. The highest BCUT2D eigenvalue weighted by Crippen LogP contribution is 2.27. The van der Waals surface area contributed by atoms with Crippen LogP contribution in [0.3, 0.4) is 0 Å². The number of fused-ring (bicyclic) bond motifs is 1. The Kier molecular flexibility index (Phi) is 4.64. The van der Waals surface area contributed by atoms with Crippen LogP contribution in [0.15, 0.2) is 61.1 Å². The number of aromatic nitrogens is 8. The van der Waals surface area contributed by atoms with Crippen LogP contribution in [0, 0.1) is 6.92 Å². The smallest absolute Gasteiger partial charge is 0.272 e. The number of methoxy groups -OCH3 is 1. The van der Waals surface area contributed by atoms with Crippen molar-refractivity contribution in [3.05, 3.63) is 66.7 Å². The molecule has 0 saturated heterocycles. The SMILES string of the molecule is COc1ccccc1Nc1nccc(-c2nnc3nc(-c4ccncc4)nn3c2C)n1. The number of para-hydroxylation sites is 2. The molecule has 0 radical (unpaired) electrons. The van der Waals surface area contributed by atoms with Gasteiger partial charge in [-0.3, -0.25) is 4.98 Å². The van der Waals surface area contributed by atoms with Crippen LogP contribution in [0.1, 0.15) is 5.69 Å². The lowest BCUT2D eigenvalue weighted by Gasteiger charge is -2.10. The fraction of sp³-hybridized carbons (Fsp3) is 0.0952. The van der Waals surface area contributed by atoms with Crippen molar-refractivity contribution in [3.8, 4) is 28.5 Å². The van der Waals surface area contributed by atoms with Crippen molar-refractivity contribution in [1.82, 2.24) is 39.7 Å². The number of benzene rings is 1. The summed E-state index contributed by atoms with van der Waals surface area (Å²) < 4.78 is 7.04. The third kappa shape index (κ3) is 3.50. The molecule has 1 N–H and O–H groups in total. The second kappa shape index (κ2) is 7.75. The highest BCUT2D eigenvalue weighted by molar-refractivity contribution is 5.65. The van der Waals surface area contributed by atoms with Gasteiger partial charge >= 0.3 is 0 Å². The van der Waals surface area contributed by atoms with Crippen LogP contribution in [0.5, 0.6) is 5.75 Å². The Balaban J connectivity index is 1.52. The topological polar surface area (TPSA) is 116 Å². The summed E-state index contributed by atoms with van der Waals surface area (Å²) in [4.78, 5) is 17.4. The van der Waals surface area contributed by atoms with E-state index in [4.69, 9.17) is 4.74 Å². The summed E-state index contributed by atoms with van der Waals surface area (Å²) in [6, 6.07) is 13.0. The predicted octanol–water partition coefficient (Wildman–Crippen LogP) is 3.10. The van der Waals surface area contributed by atoms with Crippen molar-refractivity contribution >= 4 is 17.4 Å². The van der Waals surface area contributed by atoms with Crippen LogP contribution >= 0.6 is 0 Å². The van der Waals surface area contributed by atoms with Gasteiger partial charge in [0, 0.05) is 24.2 Å². The average molecular weight is 411 g/mol. The molecule has 31 heavy (non-hydrogen) atoms. The molecule has 0 aliphatic rings. The van der Waals surface area contributed by atoms with E-state index in [1.165, 1.54) is 0 Å². The van der Waals surface area contributed by atoms with Crippen molar-refractivity contribution in [2.75, 3.05) is 12.4 Å². The number of nitrogens with one attached hydrogen (secondary N) is 1. The van der Waals surface area contributed by atoms with E-state index in [2.05, 4.69) is 40.5 Å². The summed E-state index contributed by atoms with van der Waals surface area (Å²) in [7, 11) is 1.62. The first-order valence-electron chi connectivity index (χ1n) is 9.47. The molecular weight excluding hydrogens is 394 g/mol. The minimum Gasteiger partial charge on any atom is -0.495 e. The van der Waals surface area contributed by atoms with Crippen molar-refractivity contribution in [2.45, 2.75) is 6.92 Å². The number of pyridine rings is 1. The molecule has 0 aliphatic carbocycles. The molecule has 4 heterocycles. The van der Waals surface area contributed by atoms with Gasteiger partial charge in [-0.2, -0.15) is 9.50 Å². The van der Waals surface area contributed by atoms with E-state index in [0.29, 0.717) is 34.7 Å². The Morgan fingerprint density at radius 3 is 2.61 bits per heavy atom. The maximum atomic E-state index is 5.38. The van der Waals surface area contributed by atoms with Gasteiger partial charge < -0.3 is 10.1 Å². The molecule has 0 fully saturated rings. The van der Waals surface area contributed by atoms with E-state index in [-0.39, 0.29) is 0 Å². The molecule has 0 spiro atoms. The molecule has 5 aromatic rings. The molecule has 0 aliphatic heterocycles. The first-order chi connectivity index (χ1) is 15.2. The van der Waals surface area contributed by atoms with Gasteiger partial charge in [0.15, 0.2) is 5.82 Å². The van der Waals surface area contributed by atoms with Crippen LogP contribution in [0.25, 0.3) is 28.6 Å². The lowest BCUT2D eigenvalue weighted by molar-refractivity contribution is 0.417. The van der Waals surface area contributed by atoms with Gasteiger partial charge in [-0.25, -0.2) is 9.97 Å². The largest absolute Gasteiger partial charge is 0.495 e. The summed E-state index contributed by atoms with van der Waals surface area (Å²) in [5, 5.41) is 16.3. The number of aryl methyl sites for hydroxylation is 1. The minimum atomic E-state index is 0.412. The predicted molar refractivity (Wildman–Crippen MR) is 114 cm³/mol. The summed E-state index contributed by atoms with van der Waals surface area (Å²) in [6.45, 7) is 1.90. The van der Waals surface area contributed by atoms with E-state index >= 15 is 0 Å². The van der Waals surface area contributed by atoms with Crippen molar-refractivity contribution in [1.29, 1.82) is 0 Å². The first-order valence-corrected chi connectivity index (χ1v) is 9.47. The number of hydrogen-bond acceptors (Lipinski definition) is 9. The van der Waals surface area contributed by atoms with Gasteiger partial charge in [0.05, 0.1) is 24.2 Å². The number of nitrogens with zero attached hydrogens (tertiary/aromatic N) is 8. The third-order valence-electron chi connectivity index (χ3n) is 4.68. The van der Waals surface area contributed by atoms with E-state index in [1.807, 2.05) is 43.3 Å². The van der Waals surface area contributed by atoms with Crippen LogP contribution in [-0.2, 0) is 0 Å². The molecule has 10 heteroatoms. The van der Waals surface area contributed by atoms with Gasteiger partial charge in [-0.15, -0.1) is 15.3 Å². The minimum absolute atomic E-state index is 0.412. The number of anilines is 2. The lowest BCUT2D eigenvalue weighted by Crippen LogP contribution is -2.05. The second-order valence-corrected chi connectivity index (χ2v) is 6.61. The zero-order valence-corrected chi connectivity index (χ0v) is 16.8. The number of ether oxygens (including phenoxy) is 1. The molecule has 10 nitrogen and oxygen atoms in total. The van der Waals surface area contributed by atoms with Crippen LogP contribution in [0.2, 0.25) is 0 Å². The quantitative estimate of drug-likeness (QED) is 0.465. The Hall–Kier alpha value is -4.47. The molecule has 0 unspecified atom stereocenters. The monoisotopic (exact) mass is 411 g/mol. The Morgan fingerprint density at radius 1 is 0.935 bits per heavy atom. The maximum absolute atomic E-state index is 5.38. The van der Waals surface area contributed by atoms with E-state index in [1.54, 1.807) is 36.3 Å². The molecule has 152 valence electrons. The van der Waals surface area contributed by atoms with Gasteiger partial charge in [0.25, 0.3) is 5.78 Å². The zero-order valence-electron chi connectivity index (χ0n) is 16.8. The van der Waals surface area contributed by atoms with Crippen molar-refractivity contribution in [2.24, 2.45) is 0 Å².